The summed E-state index contributed by atoms with van der Waals surface area (Å²) in [5.74, 6) is 1.17. The maximum Gasteiger partial charge on any atom is 0.265 e. The molecule has 0 aliphatic carbocycles. The minimum absolute atomic E-state index is 0.000945. The van der Waals surface area contributed by atoms with Gasteiger partial charge in [0.15, 0.2) is 18.1 Å². The van der Waals surface area contributed by atoms with Crippen molar-refractivity contribution in [3.8, 4) is 11.5 Å². The molecule has 4 heteroatoms. The van der Waals surface area contributed by atoms with E-state index in [1.54, 1.807) is 13.2 Å². The summed E-state index contributed by atoms with van der Waals surface area (Å²) in [6, 6.07) is 15.5. The highest BCUT2D eigenvalue weighted by Gasteiger charge is 2.30. The highest BCUT2D eigenvalue weighted by molar-refractivity contribution is 5.97. The summed E-state index contributed by atoms with van der Waals surface area (Å²) >= 11 is 0. The lowest BCUT2D eigenvalue weighted by molar-refractivity contribution is -0.120. The van der Waals surface area contributed by atoms with Crippen molar-refractivity contribution in [2.45, 2.75) is 19.4 Å². The van der Waals surface area contributed by atoms with Gasteiger partial charge in [0.2, 0.25) is 0 Å². The second kappa shape index (κ2) is 6.10. The van der Waals surface area contributed by atoms with Crippen LogP contribution in [0.1, 0.15) is 12.5 Å². The van der Waals surface area contributed by atoms with E-state index in [0.717, 1.165) is 12.1 Å². The Bertz CT molecular complexity index is 684. The smallest absolute Gasteiger partial charge is 0.265 e. The van der Waals surface area contributed by atoms with Gasteiger partial charge in [0, 0.05) is 11.7 Å². The van der Waals surface area contributed by atoms with Crippen LogP contribution in [0.2, 0.25) is 0 Å². The number of hydrogen-bond acceptors (Lipinski definition) is 3. The van der Waals surface area contributed by atoms with E-state index in [0.29, 0.717) is 11.5 Å². The maximum absolute atomic E-state index is 12.6. The Kier molecular flexibility index (Phi) is 4.00. The van der Waals surface area contributed by atoms with Crippen molar-refractivity contribution in [3.63, 3.8) is 0 Å². The number of para-hydroxylation sites is 3. The molecule has 1 amide bonds. The molecule has 114 valence electrons. The molecule has 2 aromatic carbocycles. The van der Waals surface area contributed by atoms with Crippen LogP contribution < -0.4 is 14.4 Å². The molecule has 4 nitrogen and oxygen atoms in total. The van der Waals surface area contributed by atoms with Crippen LogP contribution in [0.5, 0.6) is 11.5 Å². The Morgan fingerprint density at radius 3 is 2.59 bits per heavy atom. The standard InChI is InChI=1S/C18H19NO3/c1-13-11-14-7-3-4-8-15(14)19(13)18(20)12-22-17-10-6-5-9-16(17)21-2/h3-10,13H,11-12H2,1-2H3. The van der Waals surface area contributed by atoms with Crippen LogP contribution in [0.3, 0.4) is 0 Å². The lowest BCUT2D eigenvalue weighted by Crippen LogP contribution is -2.39. The van der Waals surface area contributed by atoms with Gasteiger partial charge in [0.1, 0.15) is 0 Å². The Hall–Kier alpha value is -2.49. The van der Waals surface area contributed by atoms with E-state index in [1.165, 1.54) is 5.56 Å². The number of nitrogens with zero attached hydrogens (tertiary/aromatic N) is 1. The van der Waals surface area contributed by atoms with Gasteiger partial charge in [-0.15, -0.1) is 0 Å². The van der Waals surface area contributed by atoms with E-state index in [4.69, 9.17) is 9.47 Å². The van der Waals surface area contributed by atoms with Crippen LogP contribution >= 0.6 is 0 Å². The fourth-order valence-corrected chi connectivity index (χ4v) is 2.89. The third-order valence-electron chi connectivity index (χ3n) is 3.90. The van der Waals surface area contributed by atoms with Crippen molar-refractivity contribution in [3.05, 3.63) is 54.1 Å². The largest absolute Gasteiger partial charge is 0.493 e. The Morgan fingerprint density at radius 1 is 1.14 bits per heavy atom. The molecule has 2 aromatic rings. The quantitative estimate of drug-likeness (QED) is 0.870. The summed E-state index contributed by atoms with van der Waals surface area (Å²) in [4.78, 5) is 14.4. The molecular formula is C18H19NO3. The number of ether oxygens (including phenoxy) is 2. The molecule has 1 atom stereocenters. The predicted octanol–water partition coefficient (Wildman–Crippen LogP) is 3.05. The first-order valence-corrected chi connectivity index (χ1v) is 7.36. The SMILES string of the molecule is COc1ccccc1OCC(=O)N1c2ccccc2CC1C. The zero-order valence-corrected chi connectivity index (χ0v) is 12.8. The molecule has 22 heavy (non-hydrogen) atoms. The van der Waals surface area contributed by atoms with Crippen LogP contribution in [0.4, 0.5) is 5.69 Å². The van der Waals surface area contributed by atoms with Crippen LogP contribution in [0.15, 0.2) is 48.5 Å². The predicted molar refractivity (Wildman–Crippen MR) is 85.6 cm³/mol. The second-order valence-electron chi connectivity index (χ2n) is 5.39. The van der Waals surface area contributed by atoms with Gasteiger partial charge in [0.25, 0.3) is 5.91 Å². The highest BCUT2D eigenvalue weighted by Crippen LogP contribution is 2.32. The number of amides is 1. The van der Waals surface area contributed by atoms with E-state index >= 15 is 0 Å². The number of carbonyl (C=O) groups excluding carboxylic acids is 1. The fourth-order valence-electron chi connectivity index (χ4n) is 2.89. The van der Waals surface area contributed by atoms with E-state index in [9.17, 15) is 4.79 Å². The van der Waals surface area contributed by atoms with Crippen LogP contribution in [-0.2, 0) is 11.2 Å². The van der Waals surface area contributed by atoms with Crippen molar-refractivity contribution >= 4 is 11.6 Å². The van der Waals surface area contributed by atoms with Gasteiger partial charge in [-0.2, -0.15) is 0 Å². The van der Waals surface area contributed by atoms with Gasteiger partial charge in [-0.25, -0.2) is 0 Å². The molecule has 1 unspecified atom stereocenters. The molecule has 1 aliphatic heterocycles. The topological polar surface area (TPSA) is 38.8 Å². The molecule has 0 aromatic heterocycles. The zero-order valence-electron chi connectivity index (χ0n) is 12.8. The molecule has 3 rings (SSSR count). The zero-order chi connectivity index (χ0) is 15.5. The lowest BCUT2D eigenvalue weighted by atomic mass is 10.1. The third kappa shape index (κ3) is 2.64. The van der Waals surface area contributed by atoms with E-state index in [2.05, 4.69) is 13.0 Å². The number of benzene rings is 2. The summed E-state index contributed by atoms with van der Waals surface area (Å²) in [6.45, 7) is 2.06. The number of anilines is 1. The first kappa shape index (κ1) is 14.4. The summed E-state index contributed by atoms with van der Waals surface area (Å²) in [5, 5.41) is 0. The van der Waals surface area contributed by atoms with Gasteiger partial charge in [0.05, 0.1) is 7.11 Å². The number of hydrogen-bond donors (Lipinski definition) is 0. The van der Waals surface area contributed by atoms with E-state index in [-0.39, 0.29) is 18.6 Å². The van der Waals surface area contributed by atoms with Gasteiger partial charge in [-0.3, -0.25) is 4.79 Å². The molecule has 0 radical (unpaired) electrons. The Morgan fingerprint density at radius 2 is 1.82 bits per heavy atom. The molecule has 0 saturated heterocycles. The molecule has 1 aliphatic rings. The summed E-state index contributed by atoms with van der Waals surface area (Å²) in [7, 11) is 1.59. The summed E-state index contributed by atoms with van der Waals surface area (Å²) in [5.41, 5.74) is 2.20. The van der Waals surface area contributed by atoms with Crippen molar-refractivity contribution in [2.75, 3.05) is 18.6 Å². The molecule has 0 fully saturated rings. The monoisotopic (exact) mass is 297 g/mol. The Balaban J connectivity index is 1.73. The van der Waals surface area contributed by atoms with Gasteiger partial charge < -0.3 is 14.4 Å². The van der Waals surface area contributed by atoms with Gasteiger partial charge in [-0.05, 0) is 37.1 Å². The average Bonchev–Trinajstić information content (AvgIpc) is 2.88. The number of fused-ring (bicyclic) bond motifs is 1. The Labute approximate surface area is 130 Å². The second-order valence-corrected chi connectivity index (χ2v) is 5.39. The van der Waals surface area contributed by atoms with Gasteiger partial charge >= 0.3 is 0 Å². The summed E-state index contributed by atoms with van der Waals surface area (Å²) < 4.78 is 10.9. The van der Waals surface area contributed by atoms with Crippen LogP contribution in [-0.4, -0.2) is 25.7 Å². The van der Waals surface area contributed by atoms with E-state index < -0.39 is 0 Å². The molecule has 0 spiro atoms. The number of carbonyl (C=O) groups is 1. The normalized spacial score (nSPS) is 16.3. The number of rotatable bonds is 4. The minimum atomic E-state index is -0.0386. The van der Waals surface area contributed by atoms with Crippen molar-refractivity contribution < 1.29 is 14.3 Å². The third-order valence-corrected chi connectivity index (χ3v) is 3.90. The minimum Gasteiger partial charge on any atom is -0.493 e. The van der Waals surface area contributed by atoms with Gasteiger partial charge in [-0.1, -0.05) is 30.3 Å². The maximum atomic E-state index is 12.6. The number of methoxy groups -OCH3 is 1. The molecule has 0 bridgehead atoms. The lowest BCUT2D eigenvalue weighted by Gasteiger charge is -2.23. The molecular weight excluding hydrogens is 278 g/mol. The molecule has 0 saturated carbocycles. The molecule has 0 N–H and O–H groups in total. The first-order valence-electron chi connectivity index (χ1n) is 7.36. The molecule has 1 heterocycles. The first-order chi connectivity index (χ1) is 10.7. The fraction of sp³-hybridized carbons (Fsp3) is 0.278. The van der Waals surface area contributed by atoms with Crippen LogP contribution in [0.25, 0.3) is 0 Å². The van der Waals surface area contributed by atoms with E-state index in [1.807, 2.05) is 41.3 Å². The van der Waals surface area contributed by atoms with Crippen molar-refractivity contribution in [1.82, 2.24) is 0 Å². The van der Waals surface area contributed by atoms with Crippen molar-refractivity contribution in [2.24, 2.45) is 0 Å². The summed E-state index contributed by atoms with van der Waals surface area (Å²) in [6.07, 6.45) is 0.885. The highest BCUT2D eigenvalue weighted by atomic mass is 16.5. The van der Waals surface area contributed by atoms with Crippen LogP contribution in [0, 0.1) is 0 Å². The average molecular weight is 297 g/mol. The van der Waals surface area contributed by atoms with Crippen molar-refractivity contribution in [1.29, 1.82) is 0 Å².